The van der Waals surface area contributed by atoms with Crippen LogP contribution in [0.5, 0.6) is 0 Å². The molecule has 1 saturated heterocycles. The Morgan fingerprint density at radius 1 is 0.868 bits per heavy atom. The summed E-state index contributed by atoms with van der Waals surface area (Å²) in [6.07, 6.45) is 10.5. The van der Waals surface area contributed by atoms with Gasteiger partial charge < -0.3 is 15.1 Å². The van der Waals surface area contributed by atoms with E-state index in [1.54, 1.807) is 4.90 Å². The van der Waals surface area contributed by atoms with Crippen molar-refractivity contribution >= 4 is 17.7 Å². The molecule has 6 nitrogen and oxygen atoms in total. The topological polar surface area (TPSA) is 69.7 Å². The average molecular weight is 516 g/mol. The molecule has 1 heterocycles. The molecule has 6 heteroatoms. The van der Waals surface area contributed by atoms with Crippen molar-refractivity contribution in [2.45, 2.75) is 64.2 Å². The monoisotopic (exact) mass is 515 g/mol. The van der Waals surface area contributed by atoms with Gasteiger partial charge in [0.1, 0.15) is 0 Å². The Labute approximate surface area is 227 Å². The Morgan fingerprint density at radius 2 is 1.55 bits per heavy atom. The zero-order chi connectivity index (χ0) is 26.6. The van der Waals surface area contributed by atoms with Crippen molar-refractivity contribution in [1.82, 2.24) is 15.1 Å². The fraction of sp³-hybridized carbons (Fsp3) is 0.469. The van der Waals surface area contributed by atoms with Gasteiger partial charge in [-0.2, -0.15) is 0 Å². The molecular weight excluding hydrogens is 474 g/mol. The maximum Gasteiger partial charge on any atom is 0.239 e. The fourth-order valence-electron chi connectivity index (χ4n) is 5.55. The summed E-state index contributed by atoms with van der Waals surface area (Å²) in [4.78, 5) is 42.6. The van der Waals surface area contributed by atoms with Crippen molar-refractivity contribution < 1.29 is 14.4 Å². The highest BCUT2D eigenvalue weighted by Gasteiger charge is 2.30. The summed E-state index contributed by atoms with van der Waals surface area (Å²) in [5.41, 5.74) is 3.51. The summed E-state index contributed by atoms with van der Waals surface area (Å²) < 4.78 is 0. The van der Waals surface area contributed by atoms with E-state index in [1.807, 2.05) is 65.6 Å². The summed E-state index contributed by atoms with van der Waals surface area (Å²) in [6.45, 7) is 1.84. The fourth-order valence-corrected chi connectivity index (χ4v) is 5.55. The van der Waals surface area contributed by atoms with Crippen molar-refractivity contribution in [3.8, 4) is 0 Å². The van der Waals surface area contributed by atoms with Gasteiger partial charge in [-0.3, -0.25) is 14.4 Å². The first-order valence-corrected chi connectivity index (χ1v) is 14.2. The molecule has 1 fully saturated rings. The predicted octanol–water partition coefficient (Wildman–Crippen LogP) is 4.89. The number of hydrogen-bond acceptors (Lipinski definition) is 3. The summed E-state index contributed by atoms with van der Waals surface area (Å²) in [7, 11) is 0. The molecule has 3 amide bonds. The number of carbonyl (C=O) groups is 3. The minimum Gasteiger partial charge on any atom is -0.354 e. The molecule has 1 atom stereocenters. The lowest BCUT2D eigenvalue weighted by Gasteiger charge is -2.38. The molecule has 0 spiro atoms. The van der Waals surface area contributed by atoms with E-state index in [0.717, 1.165) is 31.4 Å². The molecule has 1 aliphatic carbocycles. The number of nitrogens with one attached hydrogen (secondary N) is 1. The van der Waals surface area contributed by atoms with Crippen LogP contribution in [0.1, 0.15) is 62.5 Å². The van der Waals surface area contributed by atoms with E-state index in [0.29, 0.717) is 38.3 Å². The van der Waals surface area contributed by atoms with Crippen LogP contribution < -0.4 is 5.32 Å². The quantitative estimate of drug-likeness (QED) is 0.437. The first-order chi connectivity index (χ1) is 18.6. The number of hydrogen-bond donors (Lipinski definition) is 1. The summed E-state index contributed by atoms with van der Waals surface area (Å²) in [5, 5.41) is 2.96. The zero-order valence-corrected chi connectivity index (χ0v) is 22.4. The van der Waals surface area contributed by atoms with Crippen LogP contribution in [0.15, 0.2) is 72.4 Å². The number of likely N-dealkylation sites (tertiary alicyclic amines) is 1. The summed E-state index contributed by atoms with van der Waals surface area (Å²) in [6, 6.07) is 20.0. The lowest BCUT2D eigenvalue weighted by Crippen LogP contribution is -2.42. The van der Waals surface area contributed by atoms with Crippen LogP contribution in [-0.2, 0) is 27.2 Å². The number of amides is 3. The smallest absolute Gasteiger partial charge is 0.239 e. The molecule has 2 aromatic rings. The van der Waals surface area contributed by atoms with Crippen LogP contribution in [0.3, 0.4) is 0 Å². The van der Waals surface area contributed by atoms with E-state index in [4.69, 9.17) is 0 Å². The normalized spacial score (nSPS) is 16.8. The van der Waals surface area contributed by atoms with Crippen LogP contribution in [0, 0.1) is 5.92 Å². The van der Waals surface area contributed by atoms with Gasteiger partial charge in [0, 0.05) is 38.2 Å². The molecule has 38 heavy (non-hydrogen) atoms. The van der Waals surface area contributed by atoms with E-state index in [2.05, 4.69) is 11.4 Å². The van der Waals surface area contributed by atoms with Crippen molar-refractivity contribution in [3.05, 3.63) is 83.6 Å². The van der Waals surface area contributed by atoms with Gasteiger partial charge in [0.2, 0.25) is 17.7 Å². The minimum atomic E-state index is -0.151. The number of fused-ring (bicyclic) bond motifs is 1. The number of carbonyl (C=O) groups excluding carboxylic acids is 3. The standard InChI is InChI=1S/C32H41N3O3/c36-30(33-22-20-26-11-3-1-4-12-26)25-34(24-21-27-13-5-2-6-14-27)31(37)18-9-19-32(38)35-23-10-16-28-15-7-8-17-29(28)35/h1-6,11-14,17,28H,7-10,15-16,18-25H2,(H,33,36). The molecular formula is C32H41N3O3. The zero-order valence-electron chi connectivity index (χ0n) is 22.4. The van der Waals surface area contributed by atoms with Gasteiger partial charge in [-0.1, -0.05) is 66.7 Å². The molecule has 0 aromatic heterocycles. The van der Waals surface area contributed by atoms with Gasteiger partial charge in [0.05, 0.1) is 6.54 Å². The molecule has 202 valence electrons. The van der Waals surface area contributed by atoms with Gasteiger partial charge in [0.25, 0.3) is 0 Å². The number of benzene rings is 2. The van der Waals surface area contributed by atoms with Gasteiger partial charge >= 0.3 is 0 Å². The molecule has 1 N–H and O–H groups in total. The largest absolute Gasteiger partial charge is 0.354 e. The molecule has 1 unspecified atom stereocenters. The van der Waals surface area contributed by atoms with E-state index in [9.17, 15) is 14.4 Å². The lowest BCUT2D eigenvalue weighted by molar-refractivity contribution is -0.136. The van der Waals surface area contributed by atoms with E-state index in [-0.39, 0.29) is 30.7 Å². The van der Waals surface area contributed by atoms with Gasteiger partial charge in [-0.05, 0) is 68.4 Å². The Bertz CT molecular complexity index is 1080. The Kier molecular flexibility index (Phi) is 10.5. The average Bonchev–Trinajstić information content (AvgIpc) is 2.96. The van der Waals surface area contributed by atoms with Gasteiger partial charge in [-0.25, -0.2) is 0 Å². The molecule has 1 aliphatic heterocycles. The van der Waals surface area contributed by atoms with Crippen LogP contribution in [0.25, 0.3) is 0 Å². The summed E-state index contributed by atoms with van der Waals surface area (Å²) >= 11 is 0. The van der Waals surface area contributed by atoms with E-state index in [1.165, 1.54) is 30.5 Å². The second-order valence-electron chi connectivity index (χ2n) is 10.4. The Hall–Kier alpha value is -3.41. The third-order valence-corrected chi connectivity index (χ3v) is 7.64. The van der Waals surface area contributed by atoms with Crippen LogP contribution >= 0.6 is 0 Å². The van der Waals surface area contributed by atoms with Crippen LogP contribution in [0.2, 0.25) is 0 Å². The maximum atomic E-state index is 13.2. The first kappa shape index (κ1) is 27.6. The van der Waals surface area contributed by atoms with Crippen molar-refractivity contribution in [3.63, 3.8) is 0 Å². The molecule has 0 saturated carbocycles. The highest BCUT2D eigenvalue weighted by atomic mass is 16.2. The van der Waals surface area contributed by atoms with Crippen molar-refractivity contribution in [2.75, 3.05) is 26.2 Å². The van der Waals surface area contributed by atoms with Crippen LogP contribution in [-0.4, -0.2) is 53.7 Å². The molecule has 2 aliphatic rings. The van der Waals surface area contributed by atoms with E-state index >= 15 is 0 Å². The first-order valence-electron chi connectivity index (χ1n) is 14.2. The third kappa shape index (κ3) is 8.30. The van der Waals surface area contributed by atoms with Gasteiger partial charge in [0.15, 0.2) is 0 Å². The molecule has 0 bridgehead atoms. The lowest BCUT2D eigenvalue weighted by atomic mass is 9.85. The number of allylic oxidation sites excluding steroid dienone is 2. The molecule has 2 aromatic carbocycles. The maximum absolute atomic E-state index is 13.2. The Balaban J connectivity index is 1.27. The highest BCUT2D eigenvalue weighted by Crippen LogP contribution is 2.35. The number of rotatable bonds is 12. The minimum absolute atomic E-state index is 0.0368. The summed E-state index contributed by atoms with van der Waals surface area (Å²) in [5.74, 6) is 0.435. The van der Waals surface area contributed by atoms with Crippen molar-refractivity contribution in [2.24, 2.45) is 5.92 Å². The van der Waals surface area contributed by atoms with Gasteiger partial charge in [-0.15, -0.1) is 0 Å². The second kappa shape index (κ2) is 14.5. The number of piperidine rings is 1. The predicted molar refractivity (Wildman–Crippen MR) is 150 cm³/mol. The second-order valence-corrected chi connectivity index (χ2v) is 10.4. The highest BCUT2D eigenvalue weighted by molar-refractivity contribution is 5.85. The third-order valence-electron chi connectivity index (χ3n) is 7.64. The molecule has 0 radical (unpaired) electrons. The van der Waals surface area contributed by atoms with Crippen molar-refractivity contribution in [1.29, 1.82) is 0 Å². The van der Waals surface area contributed by atoms with Crippen LogP contribution in [0.4, 0.5) is 0 Å². The Morgan fingerprint density at radius 3 is 2.29 bits per heavy atom. The molecule has 4 rings (SSSR count). The van der Waals surface area contributed by atoms with E-state index < -0.39 is 0 Å². The SMILES string of the molecule is O=C(CN(CCc1ccccc1)C(=O)CCCC(=O)N1CCCC2CCCC=C21)NCCc1ccccc1. The number of nitrogens with zero attached hydrogens (tertiary/aromatic N) is 2.